The molecule has 0 amide bonds. The minimum atomic E-state index is -0.477. The summed E-state index contributed by atoms with van der Waals surface area (Å²) in [7, 11) is 0. The van der Waals surface area contributed by atoms with Gasteiger partial charge in [-0.05, 0) is 13.8 Å². The van der Waals surface area contributed by atoms with Gasteiger partial charge in [0, 0.05) is 6.72 Å². The highest BCUT2D eigenvalue weighted by Gasteiger charge is 2.32. The van der Waals surface area contributed by atoms with Crippen LogP contribution in [0.2, 0.25) is 0 Å². The van der Waals surface area contributed by atoms with E-state index >= 15 is 0 Å². The van der Waals surface area contributed by atoms with Crippen molar-refractivity contribution >= 4 is 6.72 Å². The maximum absolute atomic E-state index is 5.42. The van der Waals surface area contributed by atoms with E-state index in [0.29, 0.717) is 13.2 Å². The summed E-state index contributed by atoms with van der Waals surface area (Å²) >= 11 is 0. The first kappa shape index (κ1) is 8.49. The molecule has 64 valence electrons. The maximum Gasteiger partial charge on any atom is 0.163 e. The van der Waals surface area contributed by atoms with Crippen LogP contribution in [-0.2, 0) is 14.3 Å². The molecule has 0 aliphatic carbocycles. The Hall–Kier alpha value is -0.610. The Kier molecular flexibility index (Phi) is 2.46. The summed E-state index contributed by atoms with van der Waals surface area (Å²) in [5, 5.41) is 3.26. The van der Waals surface area contributed by atoms with Gasteiger partial charge in [0.1, 0.15) is 12.7 Å². The molecule has 0 bridgehead atoms. The minimum absolute atomic E-state index is 0.0181. The van der Waals surface area contributed by atoms with Crippen LogP contribution in [0.5, 0.6) is 0 Å². The zero-order valence-electron chi connectivity index (χ0n) is 6.87. The Morgan fingerprint density at radius 2 is 2.45 bits per heavy atom. The van der Waals surface area contributed by atoms with Crippen molar-refractivity contribution in [2.24, 2.45) is 5.16 Å². The fourth-order valence-electron chi connectivity index (χ4n) is 0.981. The lowest BCUT2D eigenvalue weighted by atomic mass is 10.4. The molecule has 1 heterocycles. The number of hydrogen-bond acceptors (Lipinski definition) is 4. The van der Waals surface area contributed by atoms with Crippen LogP contribution in [0, 0.1) is 0 Å². The van der Waals surface area contributed by atoms with Gasteiger partial charge in [0.05, 0.1) is 6.61 Å². The van der Waals surface area contributed by atoms with E-state index in [0.717, 1.165) is 0 Å². The molecule has 1 aliphatic heterocycles. The highest BCUT2D eigenvalue weighted by atomic mass is 16.8. The molecule has 0 saturated carbocycles. The second kappa shape index (κ2) is 3.19. The van der Waals surface area contributed by atoms with E-state index in [1.165, 1.54) is 0 Å². The van der Waals surface area contributed by atoms with E-state index in [1.807, 2.05) is 13.8 Å². The maximum atomic E-state index is 5.42. The van der Waals surface area contributed by atoms with Crippen LogP contribution in [0.1, 0.15) is 13.8 Å². The third-order valence-corrected chi connectivity index (χ3v) is 1.42. The lowest BCUT2D eigenvalue weighted by Gasteiger charge is -2.16. The van der Waals surface area contributed by atoms with Gasteiger partial charge < -0.3 is 14.3 Å². The van der Waals surface area contributed by atoms with E-state index in [2.05, 4.69) is 11.9 Å². The van der Waals surface area contributed by atoms with E-state index in [-0.39, 0.29) is 6.10 Å². The molecule has 11 heavy (non-hydrogen) atoms. The first-order chi connectivity index (χ1) is 5.14. The van der Waals surface area contributed by atoms with Crippen molar-refractivity contribution in [1.82, 2.24) is 0 Å². The number of oxime groups is 1. The Morgan fingerprint density at radius 3 is 2.91 bits per heavy atom. The SMILES string of the molecule is C=NOCC1COC(C)(C)O1. The highest BCUT2D eigenvalue weighted by Crippen LogP contribution is 2.22. The molecule has 1 aliphatic rings. The van der Waals surface area contributed by atoms with Crippen LogP contribution in [-0.4, -0.2) is 31.8 Å². The molecule has 0 radical (unpaired) electrons. The van der Waals surface area contributed by atoms with E-state index in [9.17, 15) is 0 Å². The molecule has 4 nitrogen and oxygen atoms in total. The monoisotopic (exact) mass is 159 g/mol. The lowest BCUT2D eigenvalue weighted by Crippen LogP contribution is -2.23. The second-order valence-corrected chi connectivity index (χ2v) is 2.88. The van der Waals surface area contributed by atoms with Crippen molar-refractivity contribution in [2.75, 3.05) is 13.2 Å². The lowest BCUT2D eigenvalue weighted by molar-refractivity contribution is -0.144. The van der Waals surface area contributed by atoms with Crippen LogP contribution in [0.4, 0.5) is 0 Å². The quantitative estimate of drug-likeness (QED) is 0.451. The number of nitrogens with zero attached hydrogens (tertiary/aromatic N) is 1. The van der Waals surface area contributed by atoms with Gasteiger partial charge in [0.15, 0.2) is 5.79 Å². The van der Waals surface area contributed by atoms with Gasteiger partial charge in [-0.25, -0.2) is 0 Å². The summed E-state index contributed by atoms with van der Waals surface area (Å²) in [5.41, 5.74) is 0. The average Bonchev–Trinajstić information content (AvgIpc) is 2.26. The zero-order chi connectivity index (χ0) is 8.32. The van der Waals surface area contributed by atoms with Gasteiger partial charge in [0.2, 0.25) is 0 Å². The normalized spacial score (nSPS) is 28.4. The van der Waals surface area contributed by atoms with Crippen LogP contribution < -0.4 is 0 Å². The Labute approximate surface area is 66.1 Å². The number of ether oxygens (including phenoxy) is 2. The van der Waals surface area contributed by atoms with E-state index in [1.54, 1.807) is 0 Å². The molecule has 1 atom stereocenters. The molecule has 1 saturated heterocycles. The van der Waals surface area contributed by atoms with Gasteiger partial charge in [-0.3, -0.25) is 0 Å². The van der Waals surface area contributed by atoms with Gasteiger partial charge in [0.25, 0.3) is 0 Å². The first-order valence-corrected chi connectivity index (χ1v) is 3.54. The van der Waals surface area contributed by atoms with Crippen LogP contribution >= 0.6 is 0 Å². The molecule has 0 spiro atoms. The van der Waals surface area contributed by atoms with Gasteiger partial charge in [-0.15, -0.1) is 5.16 Å². The summed E-state index contributed by atoms with van der Waals surface area (Å²) in [6.45, 7) is 7.90. The summed E-state index contributed by atoms with van der Waals surface area (Å²) in [6.07, 6.45) is -0.0181. The van der Waals surface area contributed by atoms with Crippen molar-refractivity contribution in [3.05, 3.63) is 0 Å². The minimum Gasteiger partial charge on any atom is -0.393 e. The topological polar surface area (TPSA) is 40.0 Å². The van der Waals surface area contributed by atoms with E-state index in [4.69, 9.17) is 14.3 Å². The zero-order valence-corrected chi connectivity index (χ0v) is 6.87. The smallest absolute Gasteiger partial charge is 0.163 e. The molecule has 0 N–H and O–H groups in total. The first-order valence-electron chi connectivity index (χ1n) is 3.54. The van der Waals surface area contributed by atoms with Gasteiger partial charge in [-0.2, -0.15) is 0 Å². The number of rotatable bonds is 3. The Balaban J connectivity index is 2.24. The molecular formula is C7H13NO3. The highest BCUT2D eigenvalue weighted by molar-refractivity contribution is 5.21. The van der Waals surface area contributed by atoms with E-state index < -0.39 is 5.79 Å². The van der Waals surface area contributed by atoms with Gasteiger partial charge in [-0.1, -0.05) is 0 Å². The summed E-state index contributed by atoms with van der Waals surface area (Å²) < 4.78 is 10.7. The molecule has 0 aromatic heterocycles. The third-order valence-electron chi connectivity index (χ3n) is 1.42. The average molecular weight is 159 g/mol. The fraction of sp³-hybridized carbons (Fsp3) is 0.857. The van der Waals surface area contributed by atoms with Gasteiger partial charge >= 0.3 is 0 Å². The summed E-state index contributed by atoms with van der Waals surface area (Å²) in [4.78, 5) is 4.72. The molecule has 1 unspecified atom stereocenters. The third kappa shape index (κ3) is 2.48. The van der Waals surface area contributed by atoms with Crippen LogP contribution in [0.25, 0.3) is 0 Å². The van der Waals surface area contributed by atoms with Crippen LogP contribution in [0.3, 0.4) is 0 Å². The number of hydrogen-bond donors (Lipinski definition) is 0. The fourth-order valence-corrected chi connectivity index (χ4v) is 0.981. The predicted octanol–water partition coefficient (Wildman–Crippen LogP) is 0.770. The molecular weight excluding hydrogens is 146 g/mol. The van der Waals surface area contributed by atoms with Crippen molar-refractivity contribution in [1.29, 1.82) is 0 Å². The summed E-state index contributed by atoms with van der Waals surface area (Å²) in [6, 6.07) is 0. The van der Waals surface area contributed by atoms with Crippen molar-refractivity contribution < 1.29 is 14.3 Å². The van der Waals surface area contributed by atoms with Crippen molar-refractivity contribution in [2.45, 2.75) is 25.7 Å². The van der Waals surface area contributed by atoms with Crippen molar-refractivity contribution in [3.63, 3.8) is 0 Å². The molecule has 1 fully saturated rings. The Morgan fingerprint density at radius 1 is 1.73 bits per heavy atom. The van der Waals surface area contributed by atoms with Crippen molar-refractivity contribution in [3.8, 4) is 0 Å². The standard InChI is InChI=1S/C7H13NO3/c1-7(2)9-4-6(11-7)5-10-8-3/h6H,3-5H2,1-2H3. The largest absolute Gasteiger partial charge is 0.393 e. The molecule has 0 aromatic carbocycles. The molecule has 4 heteroatoms. The van der Waals surface area contributed by atoms with Crippen LogP contribution in [0.15, 0.2) is 5.16 Å². The molecule has 1 rings (SSSR count). The summed E-state index contributed by atoms with van der Waals surface area (Å²) in [5.74, 6) is -0.477. The Bertz CT molecular complexity index is 147. The molecule has 0 aromatic rings. The second-order valence-electron chi connectivity index (χ2n) is 2.88. The predicted molar refractivity (Wildman–Crippen MR) is 40.4 cm³/mol.